The van der Waals surface area contributed by atoms with Gasteiger partial charge in [-0.25, -0.2) is 4.79 Å². The zero-order chi connectivity index (χ0) is 24.8. The van der Waals surface area contributed by atoms with E-state index in [9.17, 15) is 19.5 Å². The van der Waals surface area contributed by atoms with Crippen molar-refractivity contribution < 1.29 is 29.0 Å². The average molecular weight is 481 g/mol. The van der Waals surface area contributed by atoms with Crippen molar-refractivity contribution in [3.63, 3.8) is 0 Å². The lowest BCUT2D eigenvalue weighted by Crippen LogP contribution is -2.43. The summed E-state index contributed by atoms with van der Waals surface area (Å²) in [7, 11) is 1.47. The minimum Gasteiger partial charge on any atom is -0.481 e. The predicted octanol–water partition coefficient (Wildman–Crippen LogP) is 3.69. The highest BCUT2D eigenvalue weighted by molar-refractivity contribution is 5.80. The van der Waals surface area contributed by atoms with Gasteiger partial charge in [-0.05, 0) is 35.1 Å². The van der Waals surface area contributed by atoms with E-state index in [1.807, 2.05) is 24.3 Å². The number of carbonyl (C=O) groups excluding carboxylic acids is 2. The van der Waals surface area contributed by atoms with E-state index in [1.54, 1.807) is 0 Å². The molecule has 1 saturated carbocycles. The third-order valence-corrected chi connectivity index (χ3v) is 7.20. The first-order valence-electron chi connectivity index (χ1n) is 12.1. The Hall–Kier alpha value is -3.39. The first-order chi connectivity index (χ1) is 16.9. The minimum absolute atomic E-state index is 0.00978. The molecule has 0 aromatic heterocycles. The van der Waals surface area contributed by atoms with E-state index in [0.29, 0.717) is 12.8 Å². The Kier molecular flexibility index (Phi) is 7.70. The molecule has 1 fully saturated rings. The number of benzene rings is 2. The van der Waals surface area contributed by atoms with Gasteiger partial charge in [-0.15, -0.1) is 0 Å². The van der Waals surface area contributed by atoms with E-state index >= 15 is 0 Å². The molecule has 0 bridgehead atoms. The van der Waals surface area contributed by atoms with Crippen molar-refractivity contribution in [2.45, 2.75) is 44.1 Å². The van der Waals surface area contributed by atoms with Gasteiger partial charge in [-0.1, -0.05) is 61.4 Å². The second-order valence-corrected chi connectivity index (χ2v) is 9.34. The summed E-state index contributed by atoms with van der Waals surface area (Å²) in [5.74, 6) is -1.21. The van der Waals surface area contributed by atoms with Crippen LogP contribution in [0.15, 0.2) is 48.5 Å². The van der Waals surface area contributed by atoms with Crippen LogP contribution in [0.3, 0.4) is 0 Å². The van der Waals surface area contributed by atoms with Gasteiger partial charge < -0.3 is 25.2 Å². The summed E-state index contributed by atoms with van der Waals surface area (Å²) in [6.45, 7) is 0.414. The van der Waals surface area contributed by atoms with Gasteiger partial charge in [0.15, 0.2) is 0 Å². The zero-order valence-electron chi connectivity index (χ0n) is 19.9. The summed E-state index contributed by atoms with van der Waals surface area (Å²) < 4.78 is 10.9. The number of fused-ring (bicyclic) bond motifs is 3. The number of alkyl carbamates (subject to hydrolysis) is 1. The summed E-state index contributed by atoms with van der Waals surface area (Å²) in [6, 6.07) is 16.2. The highest BCUT2D eigenvalue weighted by atomic mass is 16.5. The standard InChI is InChI=1S/C27H32N2O6/c1-34-18(14-24(30)29-17-27(25(31)32)12-6-7-13-27)15-28-26(33)35-16-23-21-10-4-2-8-19(21)20-9-3-5-11-22(20)23/h2-5,8-11,18,23H,6-7,12-17H2,1H3,(H,28,33)(H,29,30)(H,31,32). The summed E-state index contributed by atoms with van der Waals surface area (Å²) in [5.41, 5.74) is 3.70. The molecule has 35 heavy (non-hydrogen) atoms. The van der Waals surface area contributed by atoms with E-state index in [4.69, 9.17) is 9.47 Å². The quantitative estimate of drug-likeness (QED) is 0.478. The highest BCUT2D eigenvalue weighted by Crippen LogP contribution is 2.44. The van der Waals surface area contributed by atoms with Crippen molar-refractivity contribution in [2.75, 3.05) is 26.8 Å². The number of aliphatic carboxylic acids is 1. The Bertz CT molecular complexity index is 1030. The lowest BCUT2D eigenvalue weighted by molar-refractivity contribution is -0.148. The average Bonchev–Trinajstić information content (AvgIpc) is 3.48. The number of amides is 2. The Balaban J connectivity index is 1.24. The first kappa shape index (κ1) is 24.7. The largest absolute Gasteiger partial charge is 0.481 e. The molecule has 8 nitrogen and oxygen atoms in total. The Morgan fingerprint density at radius 3 is 2.17 bits per heavy atom. The Morgan fingerprint density at radius 1 is 1.00 bits per heavy atom. The lowest BCUT2D eigenvalue weighted by atomic mass is 9.86. The van der Waals surface area contributed by atoms with E-state index in [2.05, 4.69) is 34.9 Å². The number of carboxylic acids is 1. The zero-order valence-corrected chi connectivity index (χ0v) is 19.9. The van der Waals surface area contributed by atoms with Crippen LogP contribution in [-0.4, -0.2) is 56.0 Å². The van der Waals surface area contributed by atoms with Crippen LogP contribution in [-0.2, 0) is 19.1 Å². The van der Waals surface area contributed by atoms with Crippen LogP contribution >= 0.6 is 0 Å². The molecule has 1 atom stereocenters. The van der Waals surface area contributed by atoms with Crippen molar-refractivity contribution in [1.82, 2.24) is 10.6 Å². The predicted molar refractivity (Wildman–Crippen MR) is 130 cm³/mol. The maximum atomic E-state index is 12.4. The van der Waals surface area contributed by atoms with E-state index in [1.165, 1.54) is 7.11 Å². The number of carbonyl (C=O) groups is 3. The van der Waals surface area contributed by atoms with E-state index in [-0.39, 0.29) is 37.9 Å². The maximum Gasteiger partial charge on any atom is 0.407 e. The van der Waals surface area contributed by atoms with Gasteiger partial charge in [0.1, 0.15) is 6.61 Å². The molecule has 0 radical (unpaired) electrons. The fraction of sp³-hybridized carbons (Fsp3) is 0.444. The van der Waals surface area contributed by atoms with Gasteiger partial charge in [0, 0.05) is 26.1 Å². The fourth-order valence-electron chi connectivity index (χ4n) is 5.15. The number of rotatable bonds is 10. The third-order valence-electron chi connectivity index (χ3n) is 7.20. The summed E-state index contributed by atoms with van der Waals surface area (Å²) in [5, 5.41) is 15.0. The molecular weight excluding hydrogens is 448 g/mol. The smallest absolute Gasteiger partial charge is 0.407 e. The molecule has 2 aromatic carbocycles. The fourth-order valence-corrected chi connectivity index (χ4v) is 5.15. The Morgan fingerprint density at radius 2 is 1.60 bits per heavy atom. The second-order valence-electron chi connectivity index (χ2n) is 9.34. The topological polar surface area (TPSA) is 114 Å². The molecule has 2 aliphatic rings. The van der Waals surface area contributed by atoms with Crippen molar-refractivity contribution in [1.29, 1.82) is 0 Å². The first-order valence-corrected chi connectivity index (χ1v) is 12.1. The number of methoxy groups -OCH3 is 1. The van der Waals surface area contributed by atoms with E-state index < -0.39 is 23.6 Å². The van der Waals surface area contributed by atoms with Crippen LogP contribution in [0.4, 0.5) is 4.79 Å². The van der Waals surface area contributed by atoms with Gasteiger partial charge in [0.25, 0.3) is 0 Å². The number of nitrogens with one attached hydrogen (secondary N) is 2. The van der Waals surface area contributed by atoms with Gasteiger partial charge in [0.05, 0.1) is 17.9 Å². The van der Waals surface area contributed by atoms with Crippen molar-refractivity contribution >= 4 is 18.0 Å². The van der Waals surface area contributed by atoms with Crippen molar-refractivity contribution in [3.05, 3.63) is 59.7 Å². The SMILES string of the molecule is COC(CNC(=O)OCC1c2ccccc2-c2ccccc21)CC(=O)NCC1(C(=O)O)CCCC1. The third kappa shape index (κ3) is 5.48. The highest BCUT2D eigenvalue weighted by Gasteiger charge is 2.41. The molecule has 0 spiro atoms. The Labute approximate surface area is 205 Å². The number of ether oxygens (including phenoxy) is 2. The van der Waals surface area contributed by atoms with Crippen LogP contribution in [0.5, 0.6) is 0 Å². The lowest BCUT2D eigenvalue weighted by Gasteiger charge is -2.24. The monoisotopic (exact) mass is 480 g/mol. The molecule has 8 heteroatoms. The van der Waals surface area contributed by atoms with Gasteiger partial charge in [0.2, 0.25) is 5.91 Å². The molecule has 0 heterocycles. The molecule has 186 valence electrons. The summed E-state index contributed by atoms with van der Waals surface area (Å²) in [6.07, 6.45) is 1.72. The van der Waals surface area contributed by atoms with Crippen LogP contribution in [0, 0.1) is 5.41 Å². The summed E-state index contributed by atoms with van der Waals surface area (Å²) >= 11 is 0. The number of hydrogen-bond acceptors (Lipinski definition) is 5. The second kappa shape index (κ2) is 10.9. The molecule has 2 amide bonds. The molecular formula is C27H32N2O6. The summed E-state index contributed by atoms with van der Waals surface area (Å²) in [4.78, 5) is 36.4. The molecule has 2 aliphatic carbocycles. The van der Waals surface area contributed by atoms with Crippen molar-refractivity contribution in [2.24, 2.45) is 5.41 Å². The van der Waals surface area contributed by atoms with Crippen LogP contribution in [0.2, 0.25) is 0 Å². The van der Waals surface area contributed by atoms with Gasteiger partial charge in [-0.2, -0.15) is 0 Å². The molecule has 1 unspecified atom stereocenters. The van der Waals surface area contributed by atoms with Crippen LogP contribution < -0.4 is 10.6 Å². The normalized spacial score (nSPS) is 16.7. The molecule has 0 saturated heterocycles. The van der Waals surface area contributed by atoms with Crippen LogP contribution in [0.25, 0.3) is 11.1 Å². The van der Waals surface area contributed by atoms with Crippen LogP contribution in [0.1, 0.15) is 49.1 Å². The maximum absolute atomic E-state index is 12.4. The number of carboxylic acid groups (broad SMARTS) is 1. The van der Waals surface area contributed by atoms with Gasteiger partial charge in [-0.3, -0.25) is 9.59 Å². The molecule has 3 N–H and O–H groups in total. The molecule has 0 aliphatic heterocycles. The van der Waals surface area contributed by atoms with Crippen molar-refractivity contribution in [3.8, 4) is 11.1 Å². The number of hydrogen-bond donors (Lipinski definition) is 3. The van der Waals surface area contributed by atoms with Gasteiger partial charge >= 0.3 is 12.1 Å². The minimum atomic E-state index is -0.877. The molecule has 2 aromatic rings. The van der Waals surface area contributed by atoms with E-state index in [0.717, 1.165) is 35.1 Å². The molecule has 4 rings (SSSR count).